The van der Waals surface area contributed by atoms with Gasteiger partial charge < -0.3 is 16.8 Å². The van der Waals surface area contributed by atoms with Crippen molar-refractivity contribution in [2.24, 2.45) is 10.7 Å². The minimum atomic E-state index is 0. The lowest BCUT2D eigenvalue weighted by molar-refractivity contribution is 0.796. The Balaban J connectivity index is 0.00000324. The molecule has 0 saturated heterocycles. The van der Waals surface area contributed by atoms with Gasteiger partial charge in [0.05, 0.1) is 5.69 Å². The second-order valence-corrected chi connectivity index (χ2v) is 3.61. The molecular weight excluding hydrogens is 357 g/mol. The molecule has 0 aliphatic heterocycles. The van der Waals surface area contributed by atoms with Crippen molar-refractivity contribution in [2.45, 2.75) is 12.8 Å². The van der Waals surface area contributed by atoms with Crippen LogP contribution in [0.25, 0.3) is 0 Å². The van der Waals surface area contributed by atoms with E-state index in [2.05, 4.69) is 27.1 Å². The fraction of sp³-hybridized carbons (Fsp3) is 0.364. The predicted octanol–water partition coefficient (Wildman–Crippen LogP) is 0.504. The van der Waals surface area contributed by atoms with Gasteiger partial charge in [-0.2, -0.15) is 10.4 Å². The molecule has 0 amide bonds. The maximum absolute atomic E-state index is 8.87. The van der Waals surface area contributed by atoms with Crippen LogP contribution in [0.5, 0.6) is 0 Å². The number of guanidine groups is 1. The topological polar surface area (TPSA) is 129 Å². The third-order valence-corrected chi connectivity index (χ3v) is 2.28. The van der Waals surface area contributed by atoms with E-state index in [1.807, 2.05) is 6.07 Å². The molecule has 0 spiro atoms. The Hall–Kier alpha value is -1.76. The van der Waals surface area contributed by atoms with E-state index in [0.717, 1.165) is 12.1 Å². The molecule has 0 aliphatic rings. The first-order valence-electron chi connectivity index (χ1n) is 5.56. The summed E-state index contributed by atoms with van der Waals surface area (Å²) in [6.45, 7) is 4.72. The Labute approximate surface area is 129 Å². The summed E-state index contributed by atoms with van der Waals surface area (Å²) < 4.78 is 0. The Bertz CT molecular complexity index is 472. The molecule has 0 fully saturated rings. The monoisotopic (exact) mass is 375 g/mol. The number of nitrogen functional groups attached to an aromatic ring is 1. The van der Waals surface area contributed by atoms with Crippen LogP contribution in [0.15, 0.2) is 17.6 Å². The number of anilines is 1. The Morgan fingerprint density at radius 2 is 2.37 bits per heavy atom. The number of aliphatic imine (C=N–C) groups is 1. The number of aromatic nitrogens is 2. The van der Waals surface area contributed by atoms with Crippen LogP contribution in [0.3, 0.4) is 0 Å². The zero-order valence-electron chi connectivity index (χ0n) is 10.5. The van der Waals surface area contributed by atoms with Crippen molar-refractivity contribution in [1.29, 1.82) is 5.26 Å². The zero-order valence-corrected chi connectivity index (χ0v) is 12.8. The Morgan fingerprint density at radius 3 is 3.00 bits per heavy atom. The molecule has 0 aliphatic carbocycles. The maximum Gasteiger partial charge on any atom is 0.188 e. The summed E-state index contributed by atoms with van der Waals surface area (Å²) in [6, 6.07) is 2.02. The maximum atomic E-state index is 8.87. The van der Waals surface area contributed by atoms with Crippen LogP contribution >= 0.6 is 24.0 Å². The molecular formula is C11H18IN7. The first-order valence-corrected chi connectivity index (χ1v) is 5.56. The molecule has 19 heavy (non-hydrogen) atoms. The average molecular weight is 375 g/mol. The normalized spacial score (nSPS) is 10.4. The van der Waals surface area contributed by atoms with E-state index in [-0.39, 0.29) is 29.8 Å². The van der Waals surface area contributed by atoms with E-state index in [9.17, 15) is 0 Å². The van der Waals surface area contributed by atoms with E-state index >= 15 is 0 Å². The third kappa shape index (κ3) is 5.60. The van der Waals surface area contributed by atoms with Gasteiger partial charge in [0.25, 0.3) is 0 Å². The molecule has 0 unspecified atom stereocenters. The van der Waals surface area contributed by atoms with Gasteiger partial charge in [-0.1, -0.05) is 6.08 Å². The minimum Gasteiger partial charge on any atom is -0.381 e. The fourth-order valence-corrected chi connectivity index (χ4v) is 1.39. The van der Waals surface area contributed by atoms with E-state index in [1.165, 1.54) is 0 Å². The highest BCUT2D eigenvalue weighted by Gasteiger charge is 2.08. The van der Waals surface area contributed by atoms with Crippen molar-refractivity contribution in [3.05, 3.63) is 23.9 Å². The highest BCUT2D eigenvalue weighted by atomic mass is 127. The molecule has 1 heterocycles. The summed E-state index contributed by atoms with van der Waals surface area (Å²) in [5.41, 5.74) is 12.3. The first-order chi connectivity index (χ1) is 8.69. The van der Waals surface area contributed by atoms with E-state index in [4.69, 9.17) is 16.7 Å². The second kappa shape index (κ2) is 9.21. The SMILES string of the molecule is C=CCNC(N)=NCCCc1[nH]nc(N)c1C#N.I. The molecule has 1 aromatic heterocycles. The largest absolute Gasteiger partial charge is 0.381 e. The lowest BCUT2D eigenvalue weighted by atomic mass is 10.1. The van der Waals surface area contributed by atoms with Crippen LogP contribution in [0.2, 0.25) is 0 Å². The summed E-state index contributed by atoms with van der Waals surface area (Å²) in [6.07, 6.45) is 3.12. The first kappa shape index (κ1) is 17.2. The predicted molar refractivity (Wildman–Crippen MR) is 86.1 cm³/mol. The molecule has 6 N–H and O–H groups in total. The average Bonchev–Trinajstić information content (AvgIpc) is 2.72. The molecule has 7 nitrogen and oxygen atoms in total. The third-order valence-electron chi connectivity index (χ3n) is 2.28. The van der Waals surface area contributed by atoms with Gasteiger partial charge >= 0.3 is 0 Å². The number of aryl methyl sites for hydroxylation is 1. The van der Waals surface area contributed by atoms with Crippen LogP contribution in [-0.4, -0.2) is 29.2 Å². The number of nitrogens with two attached hydrogens (primary N) is 2. The molecule has 1 aromatic rings. The minimum absolute atomic E-state index is 0. The van der Waals surface area contributed by atoms with Gasteiger partial charge in [0.15, 0.2) is 11.8 Å². The number of halogens is 1. The number of H-pyrrole nitrogens is 1. The Kier molecular flexibility index (Phi) is 8.35. The molecule has 104 valence electrons. The van der Waals surface area contributed by atoms with Gasteiger partial charge in [-0.25, -0.2) is 0 Å². The van der Waals surface area contributed by atoms with Gasteiger partial charge in [-0.3, -0.25) is 10.1 Å². The van der Waals surface area contributed by atoms with E-state index in [0.29, 0.717) is 31.0 Å². The number of rotatable bonds is 6. The lowest BCUT2D eigenvalue weighted by Gasteiger charge is -2.01. The molecule has 1 rings (SSSR count). The number of hydrogen-bond donors (Lipinski definition) is 4. The van der Waals surface area contributed by atoms with Gasteiger partial charge in [0.2, 0.25) is 0 Å². The fourth-order valence-electron chi connectivity index (χ4n) is 1.39. The van der Waals surface area contributed by atoms with Crippen molar-refractivity contribution < 1.29 is 0 Å². The molecule has 0 atom stereocenters. The van der Waals surface area contributed by atoms with Gasteiger partial charge in [-0.05, 0) is 12.8 Å². The number of nitriles is 1. The summed E-state index contributed by atoms with van der Waals surface area (Å²) in [5, 5.41) is 18.3. The van der Waals surface area contributed by atoms with Crippen molar-refractivity contribution >= 4 is 35.8 Å². The number of nitrogens with zero attached hydrogens (tertiary/aromatic N) is 3. The van der Waals surface area contributed by atoms with Crippen molar-refractivity contribution in [3.63, 3.8) is 0 Å². The van der Waals surface area contributed by atoms with Crippen LogP contribution in [0.1, 0.15) is 17.7 Å². The Morgan fingerprint density at radius 1 is 1.63 bits per heavy atom. The molecule has 0 aromatic carbocycles. The van der Waals surface area contributed by atoms with Gasteiger partial charge in [-0.15, -0.1) is 30.6 Å². The molecule has 0 radical (unpaired) electrons. The zero-order chi connectivity index (χ0) is 13.4. The standard InChI is InChI=1S/C11H17N7.HI/c1-2-5-15-11(14)16-6-3-4-9-8(7-12)10(13)18-17-9;/h2H,1,3-6H2,(H3,13,17,18)(H3,14,15,16);1H. The lowest BCUT2D eigenvalue weighted by Crippen LogP contribution is -2.31. The van der Waals surface area contributed by atoms with Crippen molar-refractivity contribution in [2.75, 3.05) is 18.8 Å². The molecule has 0 bridgehead atoms. The van der Waals surface area contributed by atoms with Crippen LogP contribution < -0.4 is 16.8 Å². The number of nitrogens with one attached hydrogen (secondary N) is 2. The van der Waals surface area contributed by atoms with Crippen molar-refractivity contribution in [1.82, 2.24) is 15.5 Å². The van der Waals surface area contributed by atoms with E-state index in [1.54, 1.807) is 6.08 Å². The smallest absolute Gasteiger partial charge is 0.188 e. The summed E-state index contributed by atoms with van der Waals surface area (Å²) in [7, 11) is 0. The molecule has 0 saturated carbocycles. The van der Waals surface area contributed by atoms with Crippen LogP contribution in [0, 0.1) is 11.3 Å². The van der Waals surface area contributed by atoms with Crippen molar-refractivity contribution in [3.8, 4) is 6.07 Å². The second-order valence-electron chi connectivity index (χ2n) is 3.61. The highest BCUT2D eigenvalue weighted by Crippen LogP contribution is 2.13. The molecule has 8 heteroatoms. The van der Waals surface area contributed by atoms with Gasteiger partial charge in [0, 0.05) is 13.1 Å². The number of aromatic amines is 1. The van der Waals surface area contributed by atoms with Crippen LogP contribution in [0.4, 0.5) is 5.82 Å². The van der Waals surface area contributed by atoms with Gasteiger partial charge in [0.1, 0.15) is 11.6 Å². The summed E-state index contributed by atoms with van der Waals surface area (Å²) in [5.74, 6) is 0.627. The van der Waals surface area contributed by atoms with Crippen LogP contribution in [-0.2, 0) is 6.42 Å². The number of hydrogen-bond acceptors (Lipinski definition) is 4. The van der Waals surface area contributed by atoms with E-state index < -0.39 is 0 Å². The summed E-state index contributed by atoms with van der Waals surface area (Å²) in [4.78, 5) is 4.13. The highest BCUT2D eigenvalue weighted by molar-refractivity contribution is 14.0. The quantitative estimate of drug-likeness (QED) is 0.189. The summed E-state index contributed by atoms with van der Waals surface area (Å²) >= 11 is 0.